The summed E-state index contributed by atoms with van der Waals surface area (Å²) >= 11 is 11.7. The lowest BCUT2D eigenvalue weighted by atomic mass is 9.95. The first-order valence-electron chi connectivity index (χ1n) is 15.1. The molecular weight excluding hydrogens is 898 g/mol. The quantitative estimate of drug-likeness (QED) is 0.122. The molecule has 1 aromatic heterocycles. The second kappa shape index (κ2) is 16.5. The molecule has 1 aliphatic rings. The van der Waals surface area contributed by atoms with Gasteiger partial charge in [-0.15, -0.1) is 0 Å². The zero-order valence-electron chi connectivity index (χ0n) is 26.9. The first-order valence-corrected chi connectivity index (χ1v) is 18.4. The summed E-state index contributed by atoms with van der Waals surface area (Å²) < 4.78 is 31.5. The Labute approximate surface area is 318 Å². The van der Waals surface area contributed by atoms with Gasteiger partial charge in [0, 0.05) is 5.02 Å². The van der Waals surface area contributed by atoms with Crippen molar-refractivity contribution in [1.29, 1.82) is 0 Å². The van der Waals surface area contributed by atoms with Gasteiger partial charge < -0.3 is 23.7 Å². The molecule has 49 heavy (non-hydrogen) atoms. The molecule has 0 bridgehead atoms. The largest absolute Gasteiger partial charge is 0.490 e. The van der Waals surface area contributed by atoms with Gasteiger partial charge in [0.15, 0.2) is 22.9 Å². The van der Waals surface area contributed by atoms with Crippen LogP contribution in [0.3, 0.4) is 0 Å². The Balaban J connectivity index is 1.56. The van der Waals surface area contributed by atoms with E-state index in [4.69, 9.17) is 30.5 Å². The Kier molecular flexibility index (Phi) is 12.4. The maximum Gasteiger partial charge on any atom is 0.343 e. The average Bonchev–Trinajstić information content (AvgIpc) is 3.37. The number of hydrogen-bond acceptors (Lipinski definition) is 10. The van der Waals surface area contributed by atoms with Crippen molar-refractivity contribution in [2.24, 2.45) is 4.99 Å². The van der Waals surface area contributed by atoms with E-state index >= 15 is 0 Å². The van der Waals surface area contributed by atoms with Gasteiger partial charge in [0.05, 0.1) is 49.3 Å². The number of thiazole rings is 1. The molecule has 2 heterocycles. The minimum absolute atomic E-state index is 0.147. The highest BCUT2D eigenvalue weighted by Gasteiger charge is 2.34. The van der Waals surface area contributed by atoms with Gasteiger partial charge in [-0.05, 0) is 125 Å². The summed E-state index contributed by atoms with van der Waals surface area (Å²) in [6.45, 7) is 5.78. The van der Waals surface area contributed by atoms with E-state index in [0.29, 0.717) is 50.3 Å². The molecule has 0 saturated carbocycles. The summed E-state index contributed by atoms with van der Waals surface area (Å²) in [6, 6.07) is 15.6. The Morgan fingerprint density at radius 2 is 1.69 bits per heavy atom. The minimum Gasteiger partial charge on any atom is -0.490 e. The van der Waals surface area contributed by atoms with Crippen LogP contribution < -0.4 is 29.1 Å². The van der Waals surface area contributed by atoms with E-state index in [9.17, 15) is 14.4 Å². The number of hydrogen-bond donors (Lipinski definition) is 0. The lowest BCUT2D eigenvalue weighted by molar-refractivity contribution is -0.143. The van der Waals surface area contributed by atoms with Gasteiger partial charge in [0.2, 0.25) is 0 Å². The highest BCUT2D eigenvalue weighted by atomic mass is 127. The lowest BCUT2D eigenvalue weighted by Gasteiger charge is -2.25. The Morgan fingerprint density at radius 3 is 2.35 bits per heavy atom. The third-order valence-corrected chi connectivity index (χ3v) is 10.1. The molecule has 0 saturated heterocycles. The van der Waals surface area contributed by atoms with Crippen LogP contribution in [0.15, 0.2) is 75.7 Å². The smallest absolute Gasteiger partial charge is 0.343 e. The molecule has 0 spiro atoms. The van der Waals surface area contributed by atoms with Gasteiger partial charge in [-0.1, -0.05) is 41.1 Å². The fourth-order valence-electron chi connectivity index (χ4n) is 5.07. The Bertz CT molecular complexity index is 2090. The third kappa shape index (κ3) is 8.49. The van der Waals surface area contributed by atoms with Gasteiger partial charge in [-0.2, -0.15) is 0 Å². The van der Waals surface area contributed by atoms with Crippen LogP contribution in [-0.4, -0.2) is 43.4 Å². The summed E-state index contributed by atoms with van der Waals surface area (Å²) in [5, 5.41) is 0.663. The maximum absolute atomic E-state index is 14.2. The number of benzene rings is 3. The normalized spacial score (nSPS) is 14.2. The third-order valence-electron chi connectivity index (χ3n) is 7.29. The molecule has 1 atom stereocenters. The number of ether oxygens (including phenoxy) is 5. The van der Waals surface area contributed by atoms with Crippen LogP contribution in [0.4, 0.5) is 0 Å². The fraction of sp³-hybridized carbons (Fsp3) is 0.257. The van der Waals surface area contributed by atoms with Crippen LogP contribution >= 0.6 is 68.1 Å². The number of nitrogens with zero attached hydrogens (tertiary/aromatic N) is 2. The molecule has 0 unspecified atom stereocenters. The van der Waals surface area contributed by atoms with E-state index in [1.165, 1.54) is 23.0 Å². The van der Waals surface area contributed by atoms with Crippen molar-refractivity contribution in [2.45, 2.75) is 33.4 Å². The molecule has 1 aliphatic heterocycles. The Morgan fingerprint density at radius 1 is 0.980 bits per heavy atom. The van der Waals surface area contributed by atoms with E-state index < -0.39 is 18.0 Å². The Hall–Kier alpha value is -3.41. The van der Waals surface area contributed by atoms with Crippen molar-refractivity contribution in [2.75, 3.05) is 26.9 Å². The van der Waals surface area contributed by atoms with E-state index in [-0.39, 0.29) is 24.3 Å². The second-order valence-corrected chi connectivity index (χ2v) is 14.3. The van der Waals surface area contributed by atoms with Crippen molar-refractivity contribution >= 4 is 86.1 Å². The maximum atomic E-state index is 14.2. The average molecular weight is 929 g/mol. The molecule has 14 heteroatoms. The van der Waals surface area contributed by atoms with Crippen LogP contribution in [-0.2, 0) is 25.7 Å². The van der Waals surface area contributed by atoms with Gasteiger partial charge in [-0.25, -0.2) is 14.6 Å². The van der Waals surface area contributed by atoms with Gasteiger partial charge >= 0.3 is 11.9 Å². The van der Waals surface area contributed by atoms with Crippen molar-refractivity contribution in [1.82, 2.24) is 4.57 Å². The highest BCUT2D eigenvalue weighted by molar-refractivity contribution is 14.1. The number of halogens is 3. The molecular formula is C35H31ClI2N2O8S. The fourth-order valence-corrected chi connectivity index (χ4v) is 8.37. The molecule has 256 valence electrons. The van der Waals surface area contributed by atoms with E-state index in [1.807, 2.05) is 49.4 Å². The standard InChI is InChI=1S/C35H31ClI2N2O8S/c1-5-45-27-16-22(9-12-26(27)47-18-29(41)44-4)31-30(34(43)46-6-2)19(3)39-35-40(31)33(42)28(49-35)15-21-13-24(37)32(25(38)14-21)48-17-20-7-10-23(36)11-8-20/h7-16,31H,5-6,17-18H2,1-4H3/b28-15-/t31-/m0/s1. The molecule has 0 fully saturated rings. The number of esters is 2. The first-order chi connectivity index (χ1) is 23.5. The summed E-state index contributed by atoms with van der Waals surface area (Å²) in [6.07, 6.45) is 1.81. The summed E-state index contributed by atoms with van der Waals surface area (Å²) in [5.41, 5.74) is 2.72. The summed E-state index contributed by atoms with van der Waals surface area (Å²) in [5.74, 6) is 0.267. The number of aromatic nitrogens is 1. The molecule has 0 amide bonds. The molecule has 5 rings (SSSR count). The van der Waals surface area contributed by atoms with Crippen molar-refractivity contribution in [3.8, 4) is 17.2 Å². The highest BCUT2D eigenvalue weighted by Crippen LogP contribution is 2.37. The van der Waals surface area contributed by atoms with Crippen LogP contribution in [0, 0.1) is 7.14 Å². The molecule has 0 radical (unpaired) electrons. The van der Waals surface area contributed by atoms with E-state index in [1.54, 1.807) is 32.0 Å². The number of carbonyl (C=O) groups excluding carboxylic acids is 2. The predicted molar refractivity (Wildman–Crippen MR) is 203 cm³/mol. The van der Waals surface area contributed by atoms with E-state index in [0.717, 1.165) is 24.0 Å². The van der Waals surface area contributed by atoms with Crippen LogP contribution in [0.25, 0.3) is 6.08 Å². The van der Waals surface area contributed by atoms with E-state index in [2.05, 4.69) is 54.9 Å². The van der Waals surface area contributed by atoms with Gasteiger partial charge in [-0.3, -0.25) is 9.36 Å². The van der Waals surface area contributed by atoms with Crippen LogP contribution in [0.1, 0.15) is 43.5 Å². The molecule has 0 N–H and O–H groups in total. The zero-order chi connectivity index (χ0) is 35.2. The summed E-state index contributed by atoms with van der Waals surface area (Å²) in [7, 11) is 1.27. The predicted octanol–water partition coefficient (Wildman–Crippen LogP) is 6.19. The topological polar surface area (TPSA) is 115 Å². The monoisotopic (exact) mass is 928 g/mol. The van der Waals surface area contributed by atoms with Crippen LogP contribution in [0.5, 0.6) is 17.2 Å². The van der Waals surface area contributed by atoms with Gasteiger partial charge in [0.1, 0.15) is 12.4 Å². The van der Waals surface area contributed by atoms with Crippen LogP contribution in [0.2, 0.25) is 5.02 Å². The number of rotatable bonds is 12. The second-order valence-electron chi connectivity index (χ2n) is 10.5. The lowest BCUT2D eigenvalue weighted by Crippen LogP contribution is -2.40. The molecule has 4 aromatic rings. The van der Waals surface area contributed by atoms with Crippen molar-refractivity contribution in [3.05, 3.63) is 114 Å². The molecule has 3 aromatic carbocycles. The van der Waals surface area contributed by atoms with Crippen molar-refractivity contribution in [3.63, 3.8) is 0 Å². The number of carbonyl (C=O) groups is 2. The molecule has 0 aliphatic carbocycles. The number of allylic oxidation sites excluding steroid dienone is 1. The first kappa shape index (κ1) is 36.9. The number of fused-ring (bicyclic) bond motifs is 1. The van der Waals surface area contributed by atoms with Crippen molar-refractivity contribution < 1.29 is 33.3 Å². The minimum atomic E-state index is -0.866. The molecule has 10 nitrogen and oxygen atoms in total. The number of methoxy groups -OCH3 is 1. The summed E-state index contributed by atoms with van der Waals surface area (Å²) in [4.78, 5) is 44.4. The zero-order valence-corrected chi connectivity index (χ0v) is 32.8. The SMILES string of the molecule is CCOC(=O)C1=C(C)N=c2s/c(=C\c3cc(I)c(OCc4ccc(Cl)cc4)c(I)c3)c(=O)n2[C@H]1c1ccc(OCC(=O)OC)c(OCC)c1. The van der Waals surface area contributed by atoms with Gasteiger partial charge in [0.25, 0.3) is 5.56 Å².